The van der Waals surface area contributed by atoms with Crippen LogP contribution in [0.2, 0.25) is 0 Å². The Morgan fingerprint density at radius 1 is 1.00 bits per heavy atom. The number of hydrogen-bond donors (Lipinski definition) is 1. The number of nitrogens with zero attached hydrogens (tertiary/aromatic N) is 5. The quantitative estimate of drug-likeness (QED) is 0.658. The summed E-state index contributed by atoms with van der Waals surface area (Å²) in [4.78, 5) is 3.82. The first-order valence-electron chi connectivity index (χ1n) is 7.97. The molecule has 29 heavy (non-hydrogen) atoms. The summed E-state index contributed by atoms with van der Waals surface area (Å²) in [6.07, 6.45) is -4.45. The van der Waals surface area contributed by atoms with Crippen molar-refractivity contribution in [1.29, 1.82) is 0 Å². The molecule has 2 N–H and O–H groups in total. The third-order valence-electron chi connectivity index (χ3n) is 3.82. The highest BCUT2D eigenvalue weighted by Crippen LogP contribution is 2.38. The van der Waals surface area contributed by atoms with Crippen molar-refractivity contribution in [2.24, 2.45) is 5.73 Å². The van der Waals surface area contributed by atoms with E-state index < -0.39 is 29.0 Å². The third kappa shape index (κ3) is 4.77. The molecule has 0 saturated heterocycles. The van der Waals surface area contributed by atoms with Crippen LogP contribution in [-0.4, -0.2) is 31.5 Å². The lowest BCUT2D eigenvalue weighted by Gasteiger charge is -2.13. The van der Waals surface area contributed by atoms with E-state index in [0.29, 0.717) is 23.3 Å². The molecule has 0 fully saturated rings. The van der Waals surface area contributed by atoms with Crippen LogP contribution in [0.5, 0.6) is 0 Å². The summed E-state index contributed by atoms with van der Waals surface area (Å²) in [7, 11) is 0. The number of benzene rings is 1. The first kappa shape index (κ1) is 20.5. The molecule has 0 saturated carbocycles. The van der Waals surface area contributed by atoms with Crippen LogP contribution in [0.3, 0.4) is 0 Å². The number of nitrogens with two attached hydrogens (primary N) is 1. The molecule has 0 spiro atoms. The number of aromatic nitrogens is 5. The van der Waals surface area contributed by atoms with Crippen LogP contribution in [0.25, 0.3) is 23.2 Å². The van der Waals surface area contributed by atoms with Gasteiger partial charge in [-0.1, -0.05) is 0 Å². The molecule has 6 nitrogen and oxygen atoms in total. The van der Waals surface area contributed by atoms with Gasteiger partial charge in [0.25, 0.3) is 0 Å². The molecule has 0 bridgehead atoms. The molecule has 0 radical (unpaired) electrons. The fourth-order valence-electron chi connectivity index (χ4n) is 2.44. The second-order valence-corrected chi connectivity index (χ2v) is 5.83. The van der Waals surface area contributed by atoms with E-state index in [1.165, 1.54) is 18.6 Å². The minimum Gasteiger partial charge on any atom is -0.326 e. The molecular formula is C17H12F6N6. The van der Waals surface area contributed by atoms with Crippen molar-refractivity contribution >= 4 is 11.8 Å². The molecular weight excluding hydrogens is 402 g/mol. The molecule has 0 aliphatic carbocycles. The van der Waals surface area contributed by atoms with E-state index in [1.54, 1.807) is 6.07 Å². The van der Waals surface area contributed by atoms with E-state index in [4.69, 9.17) is 5.73 Å². The Balaban J connectivity index is 2.03. The summed E-state index contributed by atoms with van der Waals surface area (Å²) < 4.78 is 79.2. The topological polar surface area (TPSA) is 82.5 Å². The summed E-state index contributed by atoms with van der Waals surface area (Å²) in [6.45, 7) is 0.0721. The number of halogens is 6. The molecule has 0 unspecified atom stereocenters. The molecule has 2 heterocycles. The van der Waals surface area contributed by atoms with E-state index >= 15 is 0 Å². The Morgan fingerprint density at radius 3 is 2.17 bits per heavy atom. The zero-order valence-electron chi connectivity index (χ0n) is 14.4. The van der Waals surface area contributed by atoms with E-state index in [1.807, 2.05) is 0 Å². The van der Waals surface area contributed by atoms with Crippen molar-refractivity contribution in [2.45, 2.75) is 12.4 Å². The molecule has 0 amide bonds. The van der Waals surface area contributed by atoms with Gasteiger partial charge in [-0.05, 0) is 29.8 Å². The Hall–Kier alpha value is -3.28. The van der Waals surface area contributed by atoms with E-state index in [9.17, 15) is 26.3 Å². The van der Waals surface area contributed by atoms with Crippen molar-refractivity contribution in [1.82, 2.24) is 25.0 Å². The minimum atomic E-state index is -4.96. The second-order valence-electron chi connectivity index (χ2n) is 5.83. The Bertz CT molecular complexity index is 991. The van der Waals surface area contributed by atoms with Gasteiger partial charge in [0.1, 0.15) is 6.33 Å². The molecule has 12 heteroatoms. The number of rotatable bonds is 4. The van der Waals surface area contributed by atoms with Crippen LogP contribution in [0, 0.1) is 0 Å². The smallest absolute Gasteiger partial charge is 0.326 e. The van der Waals surface area contributed by atoms with E-state index in [-0.39, 0.29) is 18.4 Å². The normalized spacial score (nSPS) is 13.0. The van der Waals surface area contributed by atoms with Crippen LogP contribution in [0.1, 0.15) is 16.7 Å². The van der Waals surface area contributed by atoms with E-state index in [0.717, 1.165) is 11.0 Å². The fourth-order valence-corrected chi connectivity index (χ4v) is 2.44. The predicted molar refractivity (Wildman–Crippen MR) is 90.7 cm³/mol. The number of hydrogen-bond acceptors (Lipinski definition) is 5. The zero-order valence-corrected chi connectivity index (χ0v) is 14.4. The zero-order chi connectivity index (χ0) is 21.2. The van der Waals surface area contributed by atoms with Crippen LogP contribution >= 0.6 is 0 Å². The summed E-state index contributed by atoms with van der Waals surface area (Å²) in [5.41, 5.74) is 3.55. The molecule has 0 aliphatic heterocycles. The van der Waals surface area contributed by atoms with Gasteiger partial charge in [-0.2, -0.15) is 36.5 Å². The summed E-state index contributed by atoms with van der Waals surface area (Å²) in [5, 5.41) is 11.3. The molecule has 0 atom stereocenters. The Labute approximate surface area is 159 Å². The average molecular weight is 414 g/mol. The van der Waals surface area contributed by atoms with Crippen molar-refractivity contribution in [3.8, 4) is 11.4 Å². The highest BCUT2D eigenvalue weighted by Gasteiger charge is 2.37. The minimum absolute atomic E-state index is 0.0450. The predicted octanol–water partition coefficient (Wildman–Crippen LogP) is 3.73. The first-order valence-corrected chi connectivity index (χ1v) is 7.97. The Morgan fingerprint density at radius 2 is 1.66 bits per heavy atom. The lowest BCUT2D eigenvalue weighted by Crippen LogP contribution is -2.11. The summed E-state index contributed by atoms with van der Waals surface area (Å²) >= 11 is 0. The second kappa shape index (κ2) is 7.62. The molecule has 1 aromatic carbocycles. The van der Waals surface area contributed by atoms with E-state index in [2.05, 4.69) is 20.3 Å². The highest BCUT2D eigenvalue weighted by molar-refractivity contribution is 5.75. The van der Waals surface area contributed by atoms with Gasteiger partial charge in [-0.15, -0.1) is 5.10 Å². The van der Waals surface area contributed by atoms with Gasteiger partial charge >= 0.3 is 12.4 Å². The fraction of sp³-hybridized carbons (Fsp3) is 0.176. The first-order chi connectivity index (χ1) is 13.6. The lowest BCUT2D eigenvalue weighted by atomic mass is 10.0. The van der Waals surface area contributed by atoms with Crippen LogP contribution in [0.15, 0.2) is 43.0 Å². The monoisotopic (exact) mass is 414 g/mol. The molecule has 0 aliphatic rings. The Kier molecular flexibility index (Phi) is 5.38. The van der Waals surface area contributed by atoms with Crippen molar-refractivity contribution < 1.29 is 26.3 Å². The van der Waals surface area contributed by atoms with Crippen LogP contribution < -0.4 is 5.73 Å². The van der Waals surface area contributed by atoms with Gasteiger partial charge in [-0.3, -0.25) is 0 Å². The highest BCUT2D eigenvalue weighted by atomic mass is 19.4. The molecule has 152 valence electrons. The maximum atomic E-state index is 13.0. The van der Waals surface area contributed by atoms with Crippen molar-refractivity contribution in [3.63, 3.8) is 0 Å². The maximum absolute atomic E-state index is 13.0. The largest absolute Gasteiger partial charge is 0.416 e. The van der Waals surface area contributed by atoms with Gasteiger partial charge in [0.05, 0.1) is 23.5 Å². The summed E-state index contributed by atoms with van der Waals surface area (Å²) in [5.74, 6) is -0.304. The molecule has 3 aromatic rings. The van der Waals surface area contributed by atoms with Crippen molar-refractivity contribution in [2.75, 3.05) is 6.54 Å². The number of alkyl halides is 6. The lowest BCUT2D eigenvalue weighted by molar-refractivity contribution is -0.143. The SMILES string of the molecule is NC/C(=C\n1cnc(-c2cc(C(F)(F)F)cc(C(F)(F)F)c2)n1)c1ccnnc1. The third-order valence-corrected chi connectivity index (χ3v) is 3.82. The van der Waals surface area contributed by atoms with Gasteiger partial charge in [0, 0.05) is 23.9 Å². The molecule has 3 rings (SSSR count). The van der Waals surface area contributed by atoms with Gasteiger partial charge in [0.15, 0.2) is 5.82 Å². The van der Waals surface area contributed by atoms with Gasteiger partial charge in [-0.25, -0.2) is 9.67 Å². The van der Waals surface area contributed by atoms with Crippen LogP contribution in [-0.2, 0) is 12.4 Å². The average Bonchev–Trinajstić information content (AvgIpc) is 3.14. The maximum Gasteiger partial charge on any atom is 0.416 e. The van der Waals surface area contributed by atoms with Crippen LogP contribution in [0.4, 0.5) is 26.3 Å². The molecule has 2 aromatic heterocycles. The van der Waals surface area contributed by atoms with Crippen molar-refractivity contribution in [3.05, 3.63) is 59.7 Å². The van der Waals surface area contributed by atoms with Gasteiger partial charge < -0.3 is 5.73 Å². The summed E-state index contributed by atoms with van der Waals surface area (Å²) in [6, 6.07) is 2.81. The van der Waals surface area contributed by atoms with Gasteiger partial charge in [0.2, 0.25) is 0 Å². The standard InChI is InChI=1S/C17H12F6N6/c18-16(19,20)13-3-11(4-14(5-13)17(21,22)23)15-25-9-29(28-15)8-12(6-24)10-1-2-26-27-7-10/h1-5,7-9H,6,24H2/b12-8+.